The molecule has 0 bridgehead atoms. The van der Waals surface area contributed by atoms with Crippen molar-refractivity contribution in [2.45, 2.75) is 32.2 Å². The molecule has 4 rings (SSSR count). The van der Waals surface area contributed by atoms with E-state index in [1.54, 1.807) is 14.2 Å². The fourth-order valence-corrected chi connectivity index (χ4v) is 6.58. The van der Waals surface area contributed by atoms with Crippen molar-refractivity contribution in [2.24, 2.45) is 11.8 Å². The maximum Gasteiger partial charge on any atom is 0.341 e. The van der Waals surface area contributed by atoms with Crippen molar-refractivity contribution in [3.8, 4) is 5.75 Å². The fourth-order valence-electron chi connectivity index (χ4n) is 5.36. The lowest BCUT2D eigenvalue weighted by atomic mass is 9.75. The van der Waals surface area contributed by atoms with Crippen LogP contribution in [0.15, 0.2) is 18.2 Å². The van der Waals surface area contributed by atoms with Crippen molar-refractivity contribution in [3.63, 3.8) is 0 Å². The lowest BCUT2D eigenvalue weighted by Gasteiger charge is -2.46. The predicted molar refractivity (Wildman–Crippen MR) is 122 cm³/mol. The van der Waals surface area contributed by atoms with Gasteiger partial charge in [0.2, 0.25) is 0 Å². The van der Waals surface area contributed by atoms with Crippen LogP contribution in [0.5, 0.6) is 5.75 Å². The van der Waals surface area contributed by atoms with E-state index in [1.807, 2.05) is 18.4 Å². The third kappa shape index (κ3) is 3.47. The molecule has 164 valence electrons. The van der Waals surface area contributed by atoms with E-state index < -0.39 is 10.8 Å². The largest absolute Gasteiger partial charge is 0.496 e. The van der Waals surface area contributed by atoms with E-state index >= 15 is 0 Å². The average Bonchev–Trinajstić information content (AvgIpc) is 3.17. The Morgan fingerprint density at radius 2 is 2.10 bits per heavy atom. The summed E-state index contributed by atoms with van der Waals surface area (Å²) in [7, 11) is 4.31. The first kappa shape index (κ1) is 21.4. The summed E-state index contributed by atoms with van der Waals surface area (Å²) < 4.78 is 16.5. The second kappa shape index (κ2) is 8.73. The normalized spacial score (nSPS) is 25.4. The molecule has 0 amide bonds. The smallest absolute Gasteiger partial charge is 0.341 e. The van der Waals surface area contributed by atoms with Crippen molar-refractivity contribution in [1.29, 1.82) is 0 Å². The number of carbonyl (C=O) groups is 1. The number of methoxy groups -OCH3 is 2. The monoisotopic (exact) mass is 432 g/mol. The van der Waals surface area contributed by atoms with Crippen LogP contribution in [0.4, 0.5) is 0 Å². The first-order valence-corrected chi connectivity index (χ1v) is 12.2. The van der Waals surface area contributed by atoms with Gasteiger partial charge in [-0.3, -0.25) is 4.90 Å². The molecule has 0 aliphatic carbocycles. The molecule has 1 saturated heterocycles. The summed E-state index contributed by atoms with van der Waals surface area (Å²) in [5, 5.41) is 1.20. The second-order valence-electron chi connectivity index (χ2n) is 8.15. The molecule has 1 aromatic carbocycles. The number of piperidine rings is 1. The Labute approximate surface area is 181 Å². The Bertz CT molecular complexity index is 983. The van der Waals surface area contributed by atoms with Gasteiger partial charge in [0.1, 0.15) is 5.75 Å². The standard InChI is InChI=1S/C23H32N2O4S/c1-6-14-13-25-11-10-15-20-17(8-7-9-19(20)27-2)24-21(15)18(25)12-16(14)22(23(26)28-3)30(5)29-4/h7-9,14,16,18,24H,6,10-13H2,1-5H3/t14-,16?,18?,30?/m1/s1. The van der Waals surface area contributed by atoms with Crippen LogP contribution in [0, 0.1) is 11.8 Å². The Morgan fingerprint density at radius 3 is 2.77 bits per heavy atom. The number of aromatic amines is 1. The van der Waals surface area contributed by atoms with Gasteiger partial charge in [-0.2, -0.15) is 0 Å². The van der Waals surface area contributed by atoms with E-state index in [2.05, 4.69) is 22.9 Å². The van der Waals surface area contributed by atoms with Gasteiger partial charge in [0.05, 0.1) is 25.1 Å². The molecule has 6 nitrogen and oxygen atoms in total. The van der Waals surface area contributed by atoms with Crippen LogP contribution in [-0.4, -0.2) is 61.4 Å². The number of aromatic nitrogens is 1. The summed E-state index contributed by atoms with van der Waals surface area (Å²) in [6, 6.07) is 6.44. The van der Waals surface area contributed by atoms with Crippen LogP contribution in [0.2, 0.25) is 0 Å². The first-order chi connectivity index (χ1) is 14.5. The number of hydrogen-bond donors (Lipinski definition) is 1. The molecular weight excluding hydrogens is 400 g/mol. The number of nitrogens with one attached hydrogen (secondary N) is 1. The molecule has 2 aromatic rings. The number of carbonyl (C=O) groups excluding carboxylic acids is 1. The molecule has 2 aliphatic rings. The number of ether oxygens (including phenoxy) is 2. The van der Waals surface area contributed by atoms with E-state index in [0.717, 1.165) is 48.5 Å². The number of benzene rings is 1. The molecule has 1 N–H and O–H groups in total. The topological polar surface area (TPSA) is 63.8 Å². The fraction of sp³-hybridized carbons (Fsp3) is 0.565. The molecule has 0 radical (unpaired) electrons. The van der Waals surface area contributed by atoms with E-state index in [0.29, 0.717) is 5.92 Å². The zero-order valence-electron chi connectivity index (χ0n) is 18.5. The van der Waals surface area contributed by atoms with Crippen molar-refractivity contribution in [3.05, 3.63) is 29.5 Å². The van der Waals surface area contributed by atoms with Gasteiger partial charge in [0, 0.05) is 49.0 Å². The highest BCUT2D eigenvalue weighted by atomic mass is 32.2. The number of hydrogen-bond acceptors (Lipinski definition) is 5. The van der Waals surface area contributed by atoms with Crippen LogP contribution >= 0.6 is 10.8 Å². The predicted octanol–water partition coefficient (Wildman–Crippen LogP) is 3.93. The molecule has 30 heavy (non-hydrogen) atoms. The van der Waals surface area contributed by atoms with Gasteiger partial charge in [0.15, 0.2) is 0 Å². The Balaban J connectivity index is 1.78. The van der Waals surface area contributed by atoms with Gasteiger partial charge in [-0.15, -0.1) is 0 Å². The highest BCUT2D eigenvalue weighted by Crippen LogP contribution is 2.46. The molecule has 4 atom stereocenters. The van der Waals surface area contributed by atoms with E-state index in [-0.39, 0.29) is 17.9 Å². The second-order valence-corrected chi connectivity index (χ2v) is 9.83. The summed E-state index contributed by atoms with van der Waals surface area (Å²) in [6.45, 7) is 4.23. The summed E-state index contributed by atoms with van der Waals surface area (Å²) in [6.07, 6.45) is 4.91. The Kier molecular flexibility index (Phi) is 6.23. The van der Waals surface area contributed by atoms with Crippen LogP contribution in [-0.2, 0) is 20.1 Å². The number of nitrogens with zero attached hydrogens (tertiary/aromatic N) is 1. The van der Waals surface area contributed by atoms with Crippen LogP contribution in [0.3, 0.4) is 0 Å². The lowest BCUT2D eigenvalue weighted by Crippen LogP contribution is -2.49. The van der Waals surface area contributed by atoms with Crippen molar-refractivity contribution in [1.82, 2.24) is 9.88 Å². The van der Waals surface area contributed by atoms with Gasteiger partial charge in [0.25, 0.3) is 0 Å². The SMILES string of the molecule is CC[C@@H]1CN2CCc3c([nH]c4cccc(OC)c34)C2CC1/C(C(=O)OC)=S(\C)OC. The van der Waals surface area contributed by atoms with Crippen molar-refractivity contribution < 1.29 is 18.5 Å². The molecule has 0 saturated carbocycles. The number of fused-ring (bicyclic) bond motifs is 5. The summed E-state index contributed by atoms with van der Waals surface area (Å²) in [5.41, 5.74) is 3.76. The van der Waals surface area contributed by atoms with Crippen molar-refractivity contribution >= 4 is 32.5 Å². The summed E-state index contributed by atoms with van der Waals surface area (Å²) in [4.78, 5) is 19.8. The van der Waals surface area contributed by atoms with Gasteiger partial charge in [-0.1, -0.05) is 30.2 Å². The molecular formula is C23H32N2O4S. The zero-order valence-corrected chi connectivity index (χ0v) is 19.3. The molecule has 7 heteroatoms. The van der Waals surface area contributed by atoms with Crippen LogP contribution < -0.4 is 4.74 Å². The van der Waals surface area contributed by atoms with Gasteiger partial charge < -0.3 is 18.6 Å². The van der Waals surface area contributed by atoms with E-state index in [1.165, 1.54) is 23.8 Å². The maximum atomic E-state index is 12.7. The highest BCUT2D eigenvalue weighted by Gasteiger charge is 2.43. The lowest BCUT2D eigenvalue weighted by molar-refractivity contribution is -0.133. The molecule has 3 unspecified atom stereocenters. The minimum Gasteiger partial charge on any atom is -0.496 e. The van der Waals surface area contributed by atoms with Crippen LogP contribution in [0.1, 0.15) is 37.1 Å². The molecule has 2 aliphatic heterocycles. The number of rotatable bonds is 5. The number of esters is 1. The third-order valence-electron chi connectivity index (χ3n) is 6.89. The van der Waals surface area contributed by atoms with Gasteiger partial charge in [-0.25, -0.2) is 4.79 Å². The quantitative estimate of drug-likeness (QED) is 0.573. The molecule has 1 fully saturated rings. The maximum absolute atomic E-state index is 12.7. The third-order valence-corrected chi connectivity index (χ3v) is 8.48. The summed E-state index contributed by atoms with van der Waals surface area (Å²) >= 11 is 0. The molecule has 3 heterocycles. The minimum atomic E-state index is -0.561. The Morgan fingerprint density at radius 1 is 1.30 bits per heavy atom. The average molecular weight is 433 g/mol. The molecule has 1 aromatic heterocycles. The van der Waals surface area contributed by atoms with Crippen molar-refractivity contribution in [2.75, 3.05) is 40.7 Å². The van der Waals surface area contributed by atoms with E-state index in [4.69, 9.17) is 13.7 Å². The highest BCUT2D eigenvalue weighted by molar-refractivity contribution is 8.12. The Hall–Kier alpha value is -1.83. The first-order valence-electron chi connectivity index (χ1n) is 10.6. The van der Waals surface area contributed by atoms with Gasteiger partial charge in [-0.05, 0) is 36.5 Å². The van der Waals surface area contributed by atoms with Gasteiger partial charge >= 0.3 is 5.97 Å². The van der Waals surface area contributed by atoms with Crippen LogP contribution in [0.25, 0.3) is 10.9 Å². The zero-order chi connectivity index (χ0) is 21.4. The summed E-state index contributed by atoms with van der Waals surface area (Å²) in [5.74, 6) is 1.26. The number of H-pyrrole nitrogens is 1. The van der Waals surface area contributed by atoms with E-state index in [9.17, 15) is 4.79 Å². The minimum absolute atomic E-state index is 0.149. The molecule has 0 spiro atoms.